The summed E-state index contributed by atoms with van der Waals surface area (Å²) in [5, 5.41) is 5.04. The first kappa shape index (κ1) is 21.8. The van der Waals surface area contributed by atoms with E-state index in [1.165, 1.54) is 54.8 Å². The summed E-state index contributed by atoms with van der Waals surface area (Å²) in [5.41, 5.74) is 10.5. The van der Waals surface area contributed by atoms with Crippen LogP contribution in [0.5, 0.6) is 0 Å². The lowest BCUT2D eigenvalue weighted by Gasteiger charge is -2.11. The molecule has 0 N–H and O–H groups in total. The van der Waals surface area contributed by atoms with Crippen LogP contribution in [0.1, 0.15) is 0 Å². The van der Waals surface area contributed by atoms with Crippen molar-refractivity contribution >= 4 is 38.1 Å². The zero-order chi connectivity index (χ0) is 25.8. The molecule has 8 aromatic rings. The van der Waals surface area contributed by atoms with E-state index in [1.807, 2.05) is 12.3 Å². The minimum Gasteiger partial charge on any atom is -0.308 e. The standard InChI is InChI=1S/C37H24N2/c1-3-11-25(12-4-1)28-20-22-33(38-24-28)27-19-21-32-35(23-27)39-34-18-10-9-16-30(34)29-15-7-8-17-31(29)37(39)36(32)26-13-5-2-6-14-26/h1-24H. The van der Waals surface area contributed by atoms with Gasteiger partial charge < -0.3 is 4.40 Å². The molecule has 5 aromatic carbocycles. The van der Waals surface area contributed by atoms with E-state index in [0.717, 1.165) is 16.8 Å². The lowest BCUT2D eigenvalue weighted by molar-refractivity contribution is 1.32. The van der Waals surface area contributed by atoms with Crippen molar-refractivity contribution in [1.29, 1.82) is 0 Å². The number of rotatable bonds is 3. The summed E-state index contributed by atoms with van der Waals surface area (Å²) in [5.74, 6) is 0. The number of hydrogen-bond acceptors (Lipinski definition) is 1. The van der Waals surface area contributed by atoms with Crippen molar-refractivity contribution < 1.29 is 0 Å². The van der Waals surface area contributed by atoms with E-state index >= 15 is 0 Å². The summed E-state index contributed by atoms with van der Waals surface area (Å²) in [7, 11) is 0. The smallest absolute Gasteiger partial charge is 0.0703 e. The SMILES string of the molecule is c1ccc(-c2ccc(-c3ccc4c(-c5ccccc5)c5c6ccccc6c6ccccc6n5c4c3)nc2)cc1. The summed E-state index contributed by atoms with van der Waals surface area (Å²) in [6.45, 7) is 0. The van der Waals surface area contributed by atoms with Gasteiger partial charge in [-0.2, -0.15) is 0 Å². The molecule has 2 heteroatoms. The third kappa shape index (κ3) is 3.39. The van der Waals surface area contributed by atoms with Gasteiger partial charge in [0.25, 0.3) is 0 Å². The Bertz CT molecular complexity index is 2140. The van der Waals surface area contributed by atoms with Crippen molar-refractivity contribution in [2.24, 2.45) is 0 Å². The van der Waals surface area contributed by atoms with Crippen LogP contribution in [0.4, 0.5) is 0 Å². The van der Waals surface area contributed by atoms with Gasteiger partial charge in [0.05, 0.1) is 22.2 Å². The lowest BCUT2D eigenvalue weighted by Crippen LogP contribution is -1.91. The van der Waals surface area contributed by atoms with E-state index in [2.05, 4.69) is 138 Å². The van der Waals surface area contributed by atoms with Crippen LogP contribution in [-0.4, -0.2) is 9.38 Å². The van der Waals surface area contributed by atoms with Crippen molar-refractivity contribution in [3.05, 3.63) is 146 Å². The number of para-hydroxylation sites is 1. The molecule has 0 saturated heterocycles. The highest BCUT2D eigenvalue weighted by Gasteiger charge is 2.19. The monoisotopic (exact) mass is 496 g/mol. The molecule has 8 rings (SSSR count). The summed E-state index contributed by atoms with van der Waals surface area (Å²) >= 11 is 0. The first-order valence-electron chi connectivity index (χ1n) is 13.3. The number of fused-ring (bicyclic) bond motifs is 8. The van der Waals surface area contributed by atoms with Crippen LogP contribution in [0.3, 0.4) is 0 Å². The number of pyridine rings is 2. The summed E-state index contributed by atoms with van der Waals surface area (Å²) in [6.07, 6.45) is 1.98. The topological polar surface area (TPSA) is 17.3 Å². The Balaban J connectivity index is 1.45. The van der Waals surface area contributed by atoms with Crippen molar-refractivity contribution in [2.45, 2.75) is 0 Å². The Kier molecular flexibility index (Phi) is 4.86. The third-order valence-electron chi connectivity index (χ3n) is 7.81. The molecule has 182 valence electrons. The minimum absolute atomic E-state index is 0.970. The second kappa shape index (κ2) is 8.68. The Labute approximate surface area is 226 Å². The predicted octanol–water partition coefficient (Wildman–Crippen LogP) is 9.79. The molecule has 0 fully saturated rings. The van der Waals surface area contributed by atoms with E-state index in [1.54, 1.807) is 0 Å². The van der Waals surface area contributed by atoms with Gasteiger partial charge in [-0.05, 0) is 34.7 Å². The first-order chi connectivity index (χ1) is 19.4. The molecular formula is C37H24N2. The maximum Gasteiger partial charge on any atom is 0.0703 e. The van der Waals surface area contributed by atoms with E-state index in [4.69, 9.17) is 4.98 Å². The van der Waals surface area contributed by atoms with Gasteiger partial charge in [-0.25, -0.2) is 0 Å². The predicted molar refractivity (Wildman–Crippen MR) is 164 cm³/mol. The normalized spacial score (nSPS) is 11.6. The maximum atomic E-state index is 4.88. The van der Waals surface area contributed by atoms with Crippen molar-refractivity contribution in [3.63, 3.8) is 0 Å². The van der Waals surface area contributed by atoms with Gasteiger partial charge in [0, 0.05) is 39.0 Å². The molecule has 0 aliphatic heterocycles. The summed E-state index contributed by atoms with van der Waals surface area (Å²) in [4.78, 5) is 4.88. The molecule has 0 atom stereocenters. The van der Waals surface area contributed by atoms with Gasteiger partial charge >= 0.3 is 0 Å². The number of benzene rings is 5. The molecule has 0 spiro atoms. The minimum atomic E-state index is 0.970. The highest BCUT2D eigenvalue weighted by molar-refractivity contribution is 6.22. The Morgan fingerprint density at radius 3 is 1.79 bits per heavy atom. The van der Waals surface area contributed by atoms with Crippen LogP contribution in [0.15, 0.2) is 146 Å². The zero-order valence-electron chi connectivity index (χ0n) is 21.3. The average molecular weight is 497 g/mol. The van der Waals surface area contributed by atoms with Crippen LogP contribution in [0.25, 0.3) is 71.6 Å². The molecule has 0 radical (unpaired) electrons. The molecule has 0 amide bonds. The van der Waals surface area contributed by atoms with E-state index in [9.17, 15) is 0 Å². The van der Waals surface area contributed by atoms with E-state index < -0.39 is 0 Å². The van der Waals surface area contributed by atoms with Crippen LogP contribution in [0, 0.1) is 0 Å². The van der Waals surface area contributed by atoms with Crippen LogP contribution < -0.4 is 0 Å². The van der Waals surface area contributed by atoms with E-state index in [-0.39, 0.29) is 0 Å². The lowest BCUT2D eigenvalue weighted by atomic mass is 9.98. The van der Waals surface area contributed by atoms with Crippen LogP contribution in [0.2, 0.25) is 0 Å². The largest absolute Gasteiger partial charge is 0.308 e. The third-order valence-corrected chi connectivity index (χ3v) is 7.81. The maximum absolute atomic E-state index is 4.88. The van der Waals surface area contributed by atoms with Crippen LogP contribution in [-0.2, 0) is 0 Å². The van der Waals surface area contributed by atoms with Gasteiger partial charge in [0.15, 0.2) is 0 Å². The van der Waals surface area contributed by atoms with Gasteiger partial charge in [0.1, 0.15) is 0 Å². The quantitative estimate of drug-likeness (QED) is 0.223. The molecule has 2 nitrogen and oxygen atoms in total. The second-order valence-electron chi connectivity index (χ2n) is 10.0. The number of nitrogens with zero attached hydrogens (tertiary/aromatic N) is 2. The highest BCUT2D eigenvalue weighted by Crippen LogP contribution is 2.43. The summed E-state index contributed by atoms with van der Waals surface area (Å²) in [6, 6.07) is 49.8. The molecule has 0 unspecified atom stereocenters. The number of aromatic nitrogens is 2. The second-order valence-corrected chi connectivity index (χ2v) is 10.0. The molecule has 0 bridgehead atoms. The van der Waals surface area contributed by atoms with Gasteiger partial charge in [-0.1, -0.05) is 121 Å². The van der Waals surface area contributed by atoms with E-state index in [0.29, 0.717) is 0 Å². The zero-order valence-corrected chi connectivity index (χ0v) is 21.3. The van der Waals surface area contributed by atoms with Crippen molar-refractivity contribution in [1.82, 2.24) is 9.38 Å². The molecule has 0 aliphatic rings. The van der Waals surface area contributed by atoms with Crippen LogP contribution >= 0.6 is 0 Å². The fraction of sp³-hybridized carbons (Fsp3) is 0. The van der Waals surface area contributed by atoms with Crippen molar-refractivity contribution in [3.8, 4) is 33.5 Å². The Morgan fingerprint density at radius 2 is 1.05 bits per heavy atom. The van der Waals surface area contributed by atoms with Gasteiger partial charge in [-0.15, -0.1) is 0 Å². The first-order valence-corrected chi connectivity index (χ1v) is 13.3. The van der Waals surface area contributed by atoms with Gasteiger partial charge in [-0.3, -0.25) is 4.98 Å². The average Bonchev–Trinajstić information content (AvgIpc) is 3.37. The summed E-state index contributed by atoms with van der Waals surface area (Å²) < 4.78 is 2.46. The van der Waals surface area contributed by atoms with Crippen molar-refractivity contribution in [2.75, 3.05) is 0 Å². The molecule has 0 aliphatic carbocycles. The fourth-order valence-corrected chi connectivity index (χ4v) is 6.04. The van der Waals surface area contributed by atoms with Gasteiger partial charge in [0.2, 0.25) is 0 Å². The molecule has 39 heavy (non-hydrogen) atoms. The Morgan fingerprint density at radius 1 is 0.410 bits per heavy atom. The molecular weight excluding hydrogens is 472 g/mol. The molecule has 3 aromatic heterocycles. The molecule has 3 heterocycles. The molecule has 0 saturated carbocycles. The highest BCUT2D eigenvalue weighted by atomic mass is 14.9. The fourth-order valence-electron chi connectivity index (χ4n) is 6.04. The Hall–Kier alpha value is -5.21. The number of hydrogen-bond donors (Lipinski definition) is 0.